The maximum atomic E-state index is 11.7. The molecule has 122 valence electrons. The van der Waals surface area contributed by atoms with E-state index in [1.165, 1.54) is 0 Å². The second-order valence-electron chi connectivity index (χ2n) is 6.54. The number of aliphatic hydroxyl groups is 1. The molecule has 0 radical (unpaired) electrons. The standard InChI is InChI=1S/C15H26O5S/c1-14(2,3)13(17)18-9-10(16)12-11(7-8-21-6)19-15(4,5)20-12/h7-8,10-12,16H,9H2,1-6H3/b8-7+/t10-,11+,12-/m1/s1. The zero-order chi connectivity index (χ0) is 16.3. The molecule has 0 aromatic carbocycles. The number of hydrogen-bond donors (Lipinski definition) is 1. The lowest BCUT2D eigenvalue weighted by Gasteiger charge is -2.23. The lowest BCUT2D eigenvalue weighted by Crippen LogP contribution is -2.39. The number of ether oxygens (including phenoxy) is 3. The van der Waals surface area contributed by atoms with E-state index in [4.69, 9.17) is 14.2 Å². The van der Waals surface area contributed by atoms with Crippen molar-refractivity contribution in [2.45, 2.75) is 58.7 Å². The van der Waals surface area contributed by atoms with Gasteiger partial charge in [0.15, 0.2) is 5.79 Å². The summed E-state index contributed by atoms with van der Waals surface area (Å²) in [6.45, 7) is 8.78. The van der Waals surface area contributed by atoms with Crippen molar-refractivity contribution in [3.63, 3.8) is 0 Å². The highest BCUT2D eigenvalue weighted by Crippen LogP contribution is 2.31. The van der Waals surface area contributed by atoms with E-state index in [9.17, 15) is 9.90 Å². The molecule has 6 heteroatoms. The van der Waals surface area contributed by atoms with E-state index >= 15 is 0 Å². The largest absolute Gasteiger partial charge is 0.462 e. The second-order valence-corrected chi connectivity index (χ2v) is 7.29. The molecule has 1 heterocycles. The van der Waals surface area contributed by atoms with E-state index in [0.717, 1.165) is 0 Å². The molecule has 1 aliphatic rings. The minimum Gasteiger partial charge on any atom is -0.462 e. The third-order valence-corrected chi connectivity index (χ3v) is 3.37. The number of esters is 1. The van der Waals surface area contributed by atoms with Crippen LogP contribution < -0.4 is 0 Å². The van der Waals surface area contributed by atoms with Crippen LogP contribution >= 0.6 is 11.8 Å². The van der Waals surface area contributed by atoms with Crippen molar-refractivity contribution < 1.29 is 24.1 Å². The molecule has 0 aromatic heterocycles. The second kappa shape index (κ2) is 7.13. The quantitative estimate of drug-likeness (QED) is 0.785. The lowest BCUT2D eigenvalue weighted by molar-refractivity contribution is -0.167. The summed E-state index contributed by atoms with van der Waals surface area (Å²) in [5.41, 5.74) is -0.593. The van der Waals surface area contributed by atoms with Crippen molar-refractivity contribution in [2.75, 3.05) is 12.9 Å². The first-order chi connectivity index (χ1) is 9.57. The van der Waals surface area contributed by atoms with E-state index in [1.807, 2.05) is 17.7 Å². The predicted molar refractivity (Wildman–Crippen MR) is 82.9 cm³/mol. The molecule has 5 nitrogen and oxygen atoms in total. The normalized spacial score (nSPS) is 27.0. The van der Waals surface area contributed by atoms with E-state index in [0.29, 0.717) is 0 Å². The summed E-state index contributed by atoms with van der Waals surface area (Å²) >= 11 is 1.54. The molecule has 1 N–H and O–H groups in total. The van der Waals surface area contributed by atoms with Crippen molar-refractivity contribution in [1.82, 2.24) is 0 Å². The summed E-state index contributed by atoms with van der Waals surface area (Å²) in [7, 11) is 0. The average Bonchev–Trinajstić information content (AvgIpc) is 2.67. The molecule has 0 aliphatic carbocycles. The van der Waals surface area contributed by atoms with Gasteiger partial charge >= 0.3 is 5.97 Å². The van der Waals surface area contributed by atoms with Gasteiger partial charge in [0.1, 0.15) is 24.9 Å². The third-order valence-electron chi connectivity index (χ3n) is 2.94. The monoisotopic (exact) mass is 318 g/mol. The van der Waals surface area contributed by atoms with Crippen molar-refractivity contribution in [3.8, 4) is 0 Å². The van der Waals surface area contributed by atoms with E-state index < -0.39 is 23.4 Å². The van der Waals surface area contributed by atoms with Crippen LogP contribution in [0.4, 0.5) is 0 Å². The van der Waals surface area contributed by atoms with Crippen molar-refractivity contribution in [1.29, 1.82) is 0 Å². The predicted octanol–water partition coefficient (Wildman–Crippen LogP) is 2.33. The Labute approximate surface area is 131 Å². The molecule has 0 bridgehead atoms. The van der Waals surface area contributed by atoms with Crippen LogP contribution in [0.5, 0.6) is 0 Å². The Bertz CT molecular complexity index is 386. The Balaban J connectivity index is 2.64. The Kier molecular flexibility index (Phi) is 6.28. The summed E-state index contributed by atoms with van der Waals surface area (Å²) in [5, 5.41) is 12.1. The van der Waals surface area contributed by atoms with Gasteiger partial charge in [-0.05, 0) is 52.4 Å². The van der Waals surface area contributed by atoms with Gasteiger partial charge in [0.2, 0.25) is 0 Å². The van der Waals surface area contributed by atoms with E-state index in [1.54, 1.807) is 46.4 Å². The average molecular weight is 318 g/mol. The topological polar surface area (TPSA) is 65.0 Å². The van der Waals surface area contributed by atoms with E-state index in [2.05, 4.69) is 0 Å². The van der Waals surface area contributed by atoms with Gasteiger partial charge in [-0.25, -0.2) is 0 Å². The van der Waals surface area contributed by atoms with Crippen LogP contribution in [0.2, 0.25) is 0 Å². The van der Waals surface area contributed by atoms with Crippen LogP contribution in [0.15, 0.2) is 11.5 Å². The fourth-order valence-corrected chi connectivity index (χ4v) is 2.20. The molecule has 0 unspecified atom stereocenters. The minimum absolute atomic E-state index is 0.107. The molecule has 0 aromatic rings. The Hall–Kier alpha value is -0.560. The Morgan fingerprint density at radius 3 is 2.57 bits per heavy atom. The van der Waals surface area contributed by atoms with Crippen molar-refractivity contribution >= 4 is 17.7 Å². The molecule has 1 rings (SSSR count). The highest BCUT2D eigenvalue weighted by Gasteiger charge is 2.44. The number of carbonyl (C=O) groups excluding carboxylic acids is 1. The lowest BCUT2D eigenvalue weighted by atomic mass is 9.97. The van der Waals surface area contributed by atoms with Crippen LogP contribution in [0, 0.1) is 5.41 Å². The van der Waals surface area contributed by atoms with Gasteiger partial charge in [0, 0.05) is 0 Å². The van der Waals surface area contributed by atoms with Gasteiger partial charge in [-0.2, -0.15) is 0 Å². The highest BCUT2D eigenvalue weighted by molar-refractivity contribution is 8.01. The fourth-order valence-electron chi connectivity index (χ4n) is 1.89. The summed E-state index contributed by atoms with van der Waals surface area (Å²) in [6, 6.07) is 0. The van der Waals surface area contributed by atoms with Crippen LogP contribution in [-0.2, 0) is 19.0 Å². The van der Waals surface area contributed by atoms with Crippen molar-refractivity contribution in [3.05, 3.63) is 11.5 Å². The fraction of sp³-hybridized carbons (Fsp3) is 0.800. The first kappa shape index (κ1) is 18.5. The first-order valence-corrected chi connectivity index (χ1v) is 8.26. The molecular weight excluding hydrogens is 292 g/mol. The summed E-state index contributed by atoms with van der Waals surface area (Å²) in [5.74, 6) is -1.12. The van der Waals surface area contributed by atoms with Crippen molar-refractivity contribution in [2.24, 2.45) is 5.41 Å². The number of aliphatic hydroxyl groups excluding tert-OH is 1. The van der Waals surface area contributed by atoms with E-state index in [-0.39, 0.29) is 18.7 Å². The summed E-state index contributed by atoms with van der Waals surface area (Å²) < 4.78 is 16.6. The molecule has 3 atom stereocenters. The molecule has 1 saturated heterocycles. The minimum atomic E-state index is -0.936. The van der Waals surface area contributed by atoms with Crippen LogP contribution in [0.25, 0.3) is 0 Å². The maximum absolute atomic E-state index is 11.7. The molecule has 1 fully saturated rings. The van der Waals surface area contributed by atoms with Crippen LogP contribution in [0.1, 0.15) is 34.6 Å². The van der Waals surface area contributed by atoms with Gasteiger partial charge in [-0.15, -0.1) is 11.8 Å². The van der Waals surface area contributed by atoms with Gasteiger partial charge in [-0.3, -0.25) is 4.79 Å². The van der Waals surface area contributed by atoms with Gasteiger partial charge in [0.05, 0.1) is 5.41 Å². The van der Waals surface area contributed by atoms with Gasteiger partial charge in [-0.1, -0.05) is 0 Å². The Morgan fingerprint density at radius 2 is 2.05 bits per heavy atom. The zero-order valence-electron chi connectivity index (χ0n) is 13.6. The molecule has 21 heavy (non-hydrogen) atoms. The summed E-state index contributed by atoms with van der Waals surface area (Å²) in [6.07, 6.45) is 1.92. The molecule has 1 aliphatic heterocycles. The smallest absolute Gasteiger partial charge is 0.311 e. The molecule has 0 spiro atoms. The van der Waals surface area contributed by atoms with Gasteiger partial charge < -0.3 is 19.3 Å². The van der Waals surface area contributed by atoms with Crippen LogP contribution in [-0.4, -0.2) is 48.0 Å². The number of hydrogen-bond acceptors (Lipinski definition) is 6. The first-order valence-electron chi connectivity index (χ1n) is 6.97. The zero-order valence-corrected chi connectivity index (χ0v) is 14.4. The van der Waals surface area contributed by atoms with Gasteiger partial charge in [0.25, 0.3) is 0 Å². The highest BCUT2D eigenvalue weighted by atomic mass is 32.2. The maximum Gasteiger partial charge on any atom is 0.311 e. The molecule has 0 saturated carbocycles. The number of carbonyl (C=O) groups is 1. The SMILES string of the molecule is CS/C=C/[C@@H]1OC(C)(C)O[C@@H]1[C@H](O)COC(=O)C(C)(C)C. The third kappa shape index (κ3) is 5.62. The number of rotatable bonds is 5. The molecular formula is C15H26O5S. The van der Waals surface area contributed by atoms with Crippen LogP contribution in [0.3, 0.4) is 0 Å². The summed E-state index contributed by atoms with van der Waals surface area (Å²) in [4.78, 5) is 11.7. The Morgan fingerprint density at radius 1 is 1.43 bits per heavy atom. The number of thioether (sulfide) groups is 1. The molecule has 0 amide bonds.